The summed E-state index contributed by atoms with van der Waals surface area (Å²) in [7, 11) is 0. The first-order valence-electron chi connectivity index (χ1n) is 7.27. The van der Waals surface area contributed by atoms with Gasteiger partial charge in [0.1, 0.15) is 0 Å². The molecule has 2 amide bonds. The van der Waals surface area contributed by atoms with E-state index in [2.05, 4.69) is 4.98 Å². The zero-order valence-electron chi connectivity index (χ0n) is 12.1. The standard InChI is InChI=1S/C14H19N3O3S/c1-10-8-16(5-6-20-10)13(19)7-11-9-21-14(15-11)17-4-2-3-12(17)18/h9-10H,2-8H2,1H3/t10-/m0/s1. The van der Waals surface area contributed by atoms with Crippen LogP contribution in [0.1, 0.15) is 25.5 Å². The molecule has 2 aliphatic rings. The summed E-state index contributed by atoms with van der Waals surface area (Å²) >= 11 is 1.44. The van der Waals surface area contributed by atoms with Gasteiger partial charge in [0.2, 0.25) is 11.8 Å². The monoisotopic (exact) mass is 309 g/mol. The van der Waals surface area contributed by atoms with E-state index in [0.29, 0.717) is 32.5 Å². The van der Waals surface area contributed by atoms with Crippen LogP contribution in [-0.4, -0.2) is 54.0 Å². The first kappa shape index (κ1) is 14.5. The van der Waals surface area contributed by atoms with E-state index in [1.54, 1.807) is 4.90 Å². The van der Waals surface area contributed by atoms with Crippen molar-refractivity contribution in [3.8, 4) is 0 Å². The Labute approximate surface area is 127 Å². The fourth-order valence-electron chi connectivity index (χ4n) is 2.66. The van der Waals surface area contributed by atoms with E-state index in [1.165, 1.54) is 11.3 Å². The topological polar surface area (TPSA) is 62.7 Å². The highest BCUT2D eigenvalue weighted by atomic mass is 32.1. The van der Waals surface area contributed by atoms with E-state index in [4.69, 9.17) is 4.74 Å². The molecule has 2 aliphatic heterocycles. The van der Waals surface area contributed by atoms with Crippen LogP contribution < -0.4 is 4.90 Å². The Bertz CT molecular complexity index is 545. The predicted octanol–water partition coefficient (Wildman–Crippen LogP) is 1.06. The summed E-state index contributed by atoms with van der Waals surface area (Å²) < 4.78 is 5.44. The Balaban J connectivity index is 1.61. The van der Waals surface area contributed by atoms with Crippen LogP contribution in [0.5, 0.6) is 0 Å². The lowest BCUT2D eigenvalue weighted by Crippen LogP contribution is -2.45. The Morgan fingerprint density at radius 2 is 2.38 bits per heavy atom. The number of aromatic nitrogens is 1. The van der Waals surface area contributed by atoms with Crippen molar-refractivity contribution in [3.05, 3.63) is 11.1 Å². The molecule has 2 fully saturated rings. The third-order valence-electron chi connectivity index (χ3n) is 3.77. The van der Waals surface area contributed by atoms with Crippen molar-refractivity contribution < 1.29 is 14.3 Å². The van der Waals surface area contributed by atoms with Crippen LogP contribution in [0, 0.1) is 0 Å². The number of amides is 2. The minimum Gasteiger partial charge on any atom is -0.375 e. The van der Waals surface area contributed by atoms with Crippen LogP contribution in [0.25, 0.3) is 0 Å². The summed E-state index contributed by atoms with van der Waals surface area (Å²) in [6, 6.07) is 0. The second-order valence-electron chi connectivity index (χ2n) is 5.47. The zero-order chi connectivity index (χ0) is 14.8. The number of hydrogen-bond acceptors (Lipinski definition) is 5. The number of ether oxygens (including phenoxy) is 1. The van der Waals surface area contributed by atoms with Gasteiger partial charge in [-0.05, 0) is 13.3 Å². The fraction of sp³-hybridized carbons (Fsp3) is 0.643. The smallest absolute Gasteiger partial charge is 0.228 e. The number of hydrogen-bond donors (Lipinski definition) is 0. The Morgan fingerprint density at radius 1 is 1.52 bits per heavy atom. The summed E-state index contributed by atoms with van der Waals surface area (Å²) in [5, 5.41) is 2.60. The largest absolute Gasteiger partial charge is 0.375 e. The molecule has 0 unspecified atom stereocenters. The van der Waals surface area contributed by atoms with E-state index < -0.39 is 0 Å². The first-order chi connectivity index (χ1) is 10.1. The van der Waals surface area contributed by atoms with Gasteiger partial charge < -0.3 is 9.64 Å². The molecule has 1 aromatic heterocycles. The molecule has 0 aromatic carbocycles. The van der Waals surface area contributed by atoms with Gasteiger partial charge in [0, 0.05) is 31.4 Å². The van der Waals surface area contributed by atoms with Gasteiger partial charge in [-0.2, -0.15) is 0 Å². The molecule has 1 aromatic rings. The number of rotatable bonds is 3. The van der Waals surface area contributed by atoms with Crippen molar-refractivity contribution in [2.45, 2.75) is 32.3 Å². The number of carbonyl (C=O) groups excluding carboxylic acids is 2. The summed E-state index contributed by atoms with van der Waals surface area (Å²) in [5.41, 5.74) is 0.749. The molecule has 0 bridgehead atoms. The Kier molecular flexibility index (Phi) is 4.21. The van der Waals surface area contributed by atoms with Crippen LogP contribution in [-0.2, 0) is 20.7 Å². The SMILES string of the molecule is C[C@H]1CN(C(=O)Cc2csc(N3CCCC3=O)n2)CCO1. The molecule has 3 heterocycles. The number of thiazole rings is 1. The van der Waals surface area contributed by atoms with Crippen molar-refractivity contribution >= 4 is 28.3 Å². The average molecular weight is 309 g/mol. The lowest BCUT2D eigenvalue weighted by atomic mass is 10.2. The van der Waals surface area contributed by atoms with Gasteiger partial charge in [0.05, 0.1) is 24.8 Å². The van der Waals surface area contributed by atoms with Crippen LogP contribution in [0.4, 0.5) is 5.13 Å². The van der Waals surface area contributed by atoms with Gasteiger partial charge in [0.15, 0.2) is 5.13 Å². The molecule has 7 heteroatoms. The summed E-state index contributed by atoms with van der Waals surface area (Å²) in [6.07, 6.45) is 1.87. The van der Waals surface area contributed by atoms with Gasteiger partial charge in [-0.3, -0.25) is 14.5 Å². The maximum absolute atomic E-state index is 12.3. The van der Waals surface area contributed by atoms with E-state index in [1.807, 2.05) is 17.2 Å². The van der Waals surface area contributed by atoms with Crippen molar-refractivity contribution in [3.63, 3.8) is 0 Å². The summed E-state index contributed by atoms with van der Waals surface area (Å²) in [5.74, 6) is 0.207. The molecule has 0 aliphatic carbocycles. The van der Waals surface area contributed by atoms with Crippen LogP contribution in [0.3, 0.4) is 0 Å². The predicted molar refractivity (Wildman–Crippen MR) is 79.4 cm³/mol. The van der Waals surface area contributed by atoms with Crippen molar-refractivity contribution in [2.24, 2.45) is 0 Å². The van der Waals surface area contributed by atoms with Crippen molar-refractivity contribution in [1.82, 2.24) is 9.88 Å². The van der Waals surface area contributed by atoms with Gasteiger partial charge in [0.25, 0.3) is 0 Å². The average Bonchev–Trinajstić information content (AvgIpc) is 3.07. The van der Waals surface area contributed by atoms with Gasteiger partial charge in [-0.25, -0.2) is 4.98 Å². The van der Waals surface area contributed by atoms with E-state index >= 15 is 0 Å². The maximum atomic E-state index is 12.3. The number of morpholine rings is 1. The minimum atomic E-state index is 0.0785. The van der Waals surface area contributed by atoms with Crippen LogP contribution >= 0.6 is 11.3 Å². The second-order valence-corrected chi connectivity index (χ2v) is 6.30. The molecular formula is C14H19N3O3S. The second kappa shape index (κ2) is 6.11. The highest BCUT2D eigenvalue weighted by Gasteiger charge is 2.26. The molecule has 0 spiro atoms. The highest BCUT2D eigenvalue weighted by molar-refractivity contribution is 7.14. The minimum absolute atomic E-state index is 0.0785. The summed E-state index contributed by atoms with van der Waals surface area (Å²) in [6.45, 7) is 4.59. The van der Waals surface area contributed by atoms with Crippen LogP contribution in [0.2, 0.25) is 0 Å². The zero-order valence-corrected chi connectivity index (χ0v) is 12.9. The van der Waals surface area contributed by atoms with Gasteiger partial charge >= 0.3 is 0 Å². The molecule has 0 radical (unpaired) electrons. The van der Waals surface area contributed by atoms with E-state index in [0.717, 1.165) is 23.8 Å². The maximum Gasteiger partial charge on any atom is 0.228 e. The lowest BCUT2D eigenvalue weighted by molar-refractivity contribution is -0.137. The summed E-state index contributed by atoms with van der Waals surface area (Å²) in [4.78, 5) is 31.9. The molecule has 6 nitrogen and oxygen atoms in total. The van der Waals surface area contributed by atoms with E-state index in [9.17, 15) is 9.59 Å². The number of anilines is 1. The molecule has 114 valence electrons. The van der Waals surface area contributed by atoms with Crippen LogP contribution in [0.15, 0.2) is 5.38 Å². The van der Waals surface area contributed by atoms with Gasteiger partial charge in [-0.15, -0.1) is 11.3 Å². The van der Waals surface area contributed by atoms with Gasteiger partial charge in [-0.1, -0.05) is 0 Å². The Hall–Kier alpha value is -1.47. The lowest BCUT2D eigenvalue weighted by Gasteiger charge is -2.31. The molecule has 3 rings (SSSR count). The highest BCUT2D eigenvalue weighted by Crippen LogP contribution is 2.25. The first-order valence-corrected chi connectivity index (χ1v) is 8.15. The quantitative estimate of drug-likeness (QED) is 0.837. The third kappa shape index (κ3) is 3.24. The molecule has 0 saturated carbocycles. The number of nitrogens with zero attached hydrogens (tertiary/aromatic N) is 3. The fourth-order valence-corrected chi connectivity index (χ4v) is 3.53. The molecule has 21 heavy (non-hydrogen) atoms. The molecular weight excluding hydrogens is 290 g/mol. The number of carbonyl (C=O) groups is 2. The molecule has 0 N–H and O–H groups in total. The molecule has 2 saturated heterocycles. The normalized spacial score (nSPS) is 22.9. The molecule has 1 atom stereocenters. The van der Waals surface area contributed by atoms with Crippen molar-refractivity contribution in [2.75, 3.05) is 31.1 Å². The van der Waals surface area contributed by atoms with Crippen molar-refractivity contribution in [1.29, 1.82) is 0 Å². The third-order valence-corrected chi connectivity index (χ3v) is 4.68. The Morgan fingerprint density at radius 3 is 3.10 bits per heavy atom. The van der Waals surface area contributed by atoms with E-state index in [-0.39, 0.29) is 17.9 Å².